The number of nitrogens with two attached hydrogens (primary N) is 1. The lowest BCUT2D eigenvalue weighted by atomic mass is 10.1. The van der Waals surface area contributed by atoms with E-state index in [0.717, 1.165) is 5.56 Å². The normalized spacial score (nSPS) is 9.38. The van der Waals surface area contributed by atoms with Gasteiger partial charge in [-0.1, -0.05) is 30.0 Å². The summed E-state index contributed by atoms with van der Waals surface area (Å²) in [6, 6.07) is 13.4. The van der Waals surface area contributed by atoms with Gasteiger partial charge in [0, 0.05) is 5.56 Å². The maximum Gasteiger partial charge on any atom is 0.135 e. The molecule has 0 fully saturated rings. The van der Waals surface area contributed by atoms with Crippen LogP contribution in [0.25, 0.3) is 0 Å². The molecule has 0 heterocycles. The van der Waals surface area contributed by atoms with Crippen molar-refractivity contribution in [1.29, 1.82) is 5.26 Å². The van der Waals surface area contributed by atoms with Crippen LogP contribution in [-0.2, 0) is 6.61 Å². The van der Waals surface area contributed by atoms with Gasteiger partial charge in [0.25, 0.3) is 0 Å². The van der Waals surface area contributed by atoms with Gasteiger partial charge in [-0.15, -0.1) is 0 Å². The molecule has 0 aliphatic carbocycles. The zero-order valence-corrected chi connectivity index (χ0v) is 11.3. The Morgan fingerprint density at radius 1 is 1.14 bits per heavy atom. The molecule has 2 N–H and O–H groups in total. The van der Waals surface area contributed by atoms with E-state index in [2.05, 4.69) is 17.9 Å². The molecule has 4 heteroatoms. The molecule has 0 atom stereocenters. The molecular formula is C17H13FN2O. The van der Waals surface area contributed by atoms with E-state index in [4.69, 9.17) is 15.7 Å². The first-order chi connectivity index (χ1) is 10.2. The minimum atomic E-state index is -0.388. The summed E-state index contributed by atoms with van der Waals surface area (Å²) in [6.07, 6.45) is 0. The van der Waals surface area contributed by atoms with Gasteiger partial charge in [0.05, 0.1) is 23.7 Å². The lowest BCUT2D eigenvalue weighted by Gasteiger charge is -2.09. The van der Waals surface area contributed by atoms with Gasteiger partial charge in [-0.3, -0.25) is 0 Å². The molecule has 0 amide bonds. The van der Waals surface area contributed by atoms with Crippen molar-refractivity contribution in [3.8, 4) is 23.7 Å². The van der Waals surface area contributed by atoms with E-state index in [1.165, 1.54) is 18.2 Å². The summed E-state index contributed by atoms with van der Waals surface area (Å²) >= 11 is 0. The number of halogens is 1. The number of hydrogen-bond acceptors (Lipinski definition) is 3. The third kappa shape index (κ3) is 3.82. The van der Waals surface area contributed by atoms with Gasteiger partial charge in [0.15, 0.2) is 0 Å². The summed E-state index contributed by atoms with van der Waals surface area (Å²) in [6.45, 7) is 0.403. The molecule has 0 saturated heterocycles. The number of hydrogen-bond donors (Lipinski definition) is 1. The Morgan fingerprint density at radius 3 is 2.71 bits per heavy atom. The van der Waals surface area contributed by atoms with Gasteiger partial charge in [-0.2, -0.15) is 5.26 Å². The highest BCUT2D eigenvalue weighted by atomic mass is 19.1. The van der Waals surface area contributed by atoms with E-state index in [-0.39, 0.29) is 19.0 Å². The van der Waals surface area contributed by atoms with Crippen LogP contribution < -0.4 is 10.5 Å². The van der Waals surface area contributed by atoms with Crippen molar-refractivity contribution in [2.75, 3.05) is 6.54 Å². The number of ether oxygens (including phenoxy) is 1. The molecule has 0 aromatic heterocycles. The Labute approximate surface area is 122 Å². The van der Waals surface area contributed by atoms with Crippen LogP contribution in [0.1, 0.15) is 16.7 Å². The second-order valence-corrected chi connectivity index (χ2v) is 4.20. The first kappa shape index (κ1) is 14.6. The SMILES string of the molecule is N#Cc1ccccc1COc1ccc(F)cc1C#CCN. The van der Waals surface area contributed by atoms with Crippen molar-refractivity contribution >= 4 is 0 Å². The minimum Gasteiger partial charge on any atom is -0.488 e. The van der Waals surface area contributed by atoms with E-state index in [0.29, 0.717) is 16.9 Å². The van der Waals surface area contributed by atoms with Crippen LogP contribution in [0, 0.1) is 29.0 Å². The van der Waals surface area contributed by atoms with Crippen molar-refractivity contribution in [2.24, 2.45) is 5.73 Å². The molecule has 0 saturated carbocycles. The molecule has 2 rings (SSSR count). The maximum atomic E-state index is 13.3. The molecule has 0 radical (unpaired) electrons. The van der Waals surface area contributed by atoms with Gasteiger partial charge < -0.3 is 10.5 Å². The smallest absolute Gasteiger partial charge is 0.135 e. The molecule has 21 heavy (non-hydrogen) atoms. The molecule has 0 aliphatic heterocycles. The van der Waals surface area contributed by atoms with Crippen molar-refractivity contribution in [3.63, 3.8) is 0 Å². The van der Waals surface area contributed by atoms with E-state index in [1.54, 1.807) is 12.1 Å². The van der Waals surface area contributed by atoms with Gasteiger partial charge in [-0.25, -0.2) is 4.39 Å². The maximum absolute atomic E-state index is 13.3. The average Bonchev–Trinajstić information content (AvgIpc) is 2.52. The van der Waals surface area contributed by atoms with Gasteiger partial charge in [0.1, 0.15) is 18.2 Å². The summed E-state index contributed by atoms with van der Waals surface area (Å²) in [7, 11) is 0. The molecule has 3 nitrogen and oxygen atoms in total. The molecular weight excluding hydrogens is 267 g/mol. The van der Waals surface area contributed by atoms with Crippen LogP contribution >= 0.6 is 0 Å². The van der Waals surface area contributed by atoms with Crippen LogP contribution in [0.5, 0.6) is 5.75 Å². The second kappa shape index (κ2) is 7.09. The largest absolute Gasteiger partial charge is 0.488 e. The van der Waals surface area contributed by atoms with Crippen LogP contribution in [0.2, 0.25) is 0 Å². The summed E-state index contributed by atoms with van der Waals surface area (Å²) in [5, 5.41) is 9.03. The fraction of sp³-hybridized carbons (Fsp3) is 0.118. The highest BCUT2D eigenvalue weighted by molar-refractivity contribution is 5.47. The third-order valence-electron chi connectivity index (χ3n) is 2.79. The quantitative estimate of drug-likeness (QED) is 0.879. The van der Waals surface area contributed by atoms with E-state index >= 15 is 0 Å². The van der Waals surface area contributed by atoms with Crippen LogP contribution in [0.4, 0.5) is 4.39 Å². The lowest BCUT2D eigenvalue weighted by molar-refractivity contribution is 0.304. The molecule has 0 spiro atoms. The summed E-state index contributed by atoms with van der Waals surface area (Å²) in [5.41, 5.74) is 7.08. The predicted molar refractivity (Wildman–Crippen MR) is 77.8 cm³/mol. The standard InChI is InChI=1S/C17H13FN2O/c18-16-7-8-17(13(10-16)6-3-9-19)21-12-15-5-2-1-4-14(15)11-20/h1-2,4-5,7-8,10H,9,12,19H2. The van der Waals surface area contributed by atoms with E-state index in [1.807, 2.05) is 12.1 Å². The van der Waals surface area contributed by atoms with E-state index < -0.39 is 0 Å². The van der Waals surface area contributed by atoms with E-state index in [9.17, 15) is 4.39 Å². The van der Waals surface area contributed by atoms with Crippen molar-refractivity contribution in [3.05, 3.63) is 65.0 Å². The second-order valence-electron chi connectivity index (χ2n) is 4.20. The van der Waals surface area contributed by atoms with Crippen molar-refractivity contribution in [2.45, 2.75) is 6.61 Å². The first-order valence-corrected chi connectivity index (χ1v) is 6.34. The average molecular weight is 280 g/mol. The monoisotopic (exact) mass is 280 g/mol. The Hall–Kier alpha value is -2.82. The molecule has 0 aliphatic rings. The lowest BCUT2D eigenvalue weighted by Crippen LogP contribution is -2.00. The van der Waals surface area contributed by atoms with Crippen LogP contribution in [-0.4, -0.2) is 6.54 Å². The Balaban J connectivity index is 2.22. The zero-order valence-electron chi connectivity index (χ0n) is 11.3. The van der Waals surface area contributed by atoms with Gasteiger partial charge in [0.2, 0.25) is 0 Å². The predicted octanol–water partition coefficient (Wildman–Crippen LogP) is 2.59. The highest BCUT2D eigenvalue weighted by Crippen LogP contribution is 2.20. The van der Waals surface area contributed by atoms with Crippen LogP contribution in [0.15, 0.2) is 42.5 Å². The Kier molecular flexibility index (Phi) is 4.93. The summed E-state index contributed by atoms with van der Waals surface area (Å²) < 4.78 is 18.9. The fourth-order valence-corrected chi connectivity index (χ4v) is 1.78. The highest BCUT2D eigenvalue weighted by Gasteiger charge is 2.06. The topological polar surface area (TPSA) is 59.0 Å². The summed E-state index contributed by atoms with van der Waals surface area (Å²) in [4.78, 5) is 0. The molecule has 2 aromatic rings. The van der Waals surface area contributed by atoms with Crippen molar-refractivity contribution in [1.82, 2.24) is 0 Å². The van der Waals surface area contributed by atoms with Gasteiger partial charge in [-0.05, 0) is 24.3 Å². The minimum absolute atomic E-state index is 0.188. The summed E-state index contributed by atoms with van der Waals surface area (Å²) in [5.74, 6) is 5.52. The van der Waals surface area contributed by atoms with Crippen LogP contribution in [0.3, 0.4) is 0 Å². The molecule has 0 unspecified atom stereocenters. The number of nitriles is 1. The number of benzene rings is 2. The molecule has 2 aromatic carbocycles. The number of rotatable bonds is 3. The zero-order chi connectivity index (χ0) is 15.1. The van der Waals surface area contributed by atoms with Gasteiger partial charge >= 0.3 is 0 Å². The number of nitrogens with zero attached hydrogens (tertiary/aromatic N) is 1. The Morgan fingerprint density at radius 2 is 1.95 bits per heavy atom. The molecule has 0 bridgehead atoms. The molecule has 104 valence electrons. The fourth-order valence-electron chi connectivity index (χ4n) is 1.78. The van der Waals surface area contributed by atoms with Crippen molar-refractivity contribution < 1.29 is 9.13 Å². The Bertz CT molecular complexity index is 738. The third-order valence-corrected chi connectivity index (χ3v) is 2.79. The first-order valence-electron chi connectivity index (χ1n) is 6.34.